The van der Waals surface area contributed by atoms with E-state index >= 15 is 0 Å². The van der Waals surface area contributed by atoms with Crippen LogP contribution in [0.15, 0.2) is 57.7 Å². The Morgan fingerprint density at radius 1 is 1.03 bits per heavy atom. The van der Waals surface area contributed by atoms with E-state index in [0.717, 1.165) is 34.5 Å². The lowest BCUT2D eigenvalue weighted by atomic mass is 9.98. The van der Waals surface area contributed by atoms with Gasteiger partial charge in [0.1, 0.15) is 5.82 Å². The number of benzene rings is 2. The molecule has 0 amide bonds. The third-order valence-electron chi connectivity index (χ3n) is 5.70. The highest BCUT2D eigenvalue weighted by atomic mass is 16.4. The molecule has 9 nitrogen and oxygen atoms in total. The predicted molar refractivity (Wildman–Crippen MR) is 128 cm³/mol. The van der Waals surface area contributed by atoms with Crippen molar-refractivity contribution in [2.75, 3.05) is 0 Å². The predicted octanol–water partition coefficient (Wildman–Crippen LogP) is 4.36. The van der Waals surface area contributed by atoms with Crippen molar-refractivity contribution in [2.24, 2.45) is 0 Å². The van der Waals surface area contributed by atoms with Crippen molar-refractivity contribution < 1.29 is 4.42 Å². The van der Waals surface area contributed by atoms with Crippen molar-refractivity contribution in [3.63, 3.8) is 0 Å². The summed E-state index contributed by atoms with van der Waals surface area (Å²) in [6.45, 7) is 6.43. The van der Waals surface area contributed by atoms with Crippen LogP contribution in [-0.2, 0) is 13.0 Å². The van der Waals surface area contributed by atoms with Crippen LogP contribution in [0.25, 0.3) is 33.7 Å². The molecule has 0 saturated carbocycles. The monoisotopic (exact) mass is 455 g/mol. The number of aryl methyl sites for hydroxylation is 1. The summed E-state index contributed by atoms with van der Waals surface area (Å²) >= 11 is 0. The number of hydrogen-bond donors (Lipinski definition) is 1. The van der Waals surface area contributed by atoms with Crippen molar-refractivity contribution in [1.29, 1.82) is 0 Å². The second kappa shape index (κ2) is 9.01. The average Bonchev–Trinajstić information content (AvgIpc) is 3.53. The van der Waals surface area contributed by atoms with E-state index in [0.29, 0.717) is 30.3 Å². The van der Waals surface area contributed by atoms with Crippen LogP contribution in [0.5, 0.6) is 0 Å². The van der Waals surface area contributed by atoms with Crippen LogP contribution in [0, 0.1) is 0 Å². The standard InChI is InChI=1S/C25H25N7O2/c1-4-7-20-26-23-21(34-24(27-23)15(2)3)25(33)32(20)14-16-10-12-17(13-11-16)18-8-5-6-9-19(18)22-28-30-31-29-22/h5-6,8-13,15H,4,7,14H2,1-3H3,(H,28,29,30,31). The largest absolute Gasteiger partial charge is 0.433 e. The van der Waals surface area contributed by atoms with Gasteiger partial charge in [-0.25, -0.2) is 4.98 Å². The lowest BCUT2D eigenvalue weighted by Gasteiger charge is -2.12. The SMILES string of the molecule is CCCc1nc2nc(C(C)C)oc2c(=O)n1Cc1ccc(-c2ccccc2-c2nn[nH]n2)cc1. The van der Waals surface area contributed by atoms with Gasteiger partial charge in [-0.05, 0) is 28.3 Å². The Hall–Kier alpha value is -4.14. The van der Waals surface area contributed by atoms with E-state index in [1.165, 1.54) is 0 Å². The maximum atomic E-state index is 13.3. The Morgan fingerprint density at radius 2 is 1.79 bits per heavy atom. The number of rotatable bonds is 7. The fourth-order valence-corrected chi connectivity index (χ4v) is 3.97. The van der Waals surface area contributed by atoms with Crippen molar-refractivity contribution in [1.82, 2.24) is 35.2 Å². The lowest BCUT2D eigenvalue weighted by Crippen LogP contribution is -2.25. The summed E-state index contributed by atoms with van der Waals surface area (Å²) in [5.41, 5.74) is 4.33. The molecule has 0 unspecified atom stereocenters. The molecule has 0 aliphatic carbocycles. The molecule has 0 aliphatic heterocycles. The quantitative estimate of drug-likeness (QED) is 0.388. The zero-order chi connectivity index (χ0) is 23.7. The van der Waals surface area contributed by atoms with Gasteiger partial charge in [0.2, 0.25) is 17.1 Å². The molecular weight excluding hydrogens is 430 g/mol. The highest BCUT2D eigenvalue weighted by Crippen LogP contribution is 2.30. The van der Waals surface area contributed by atoms with Gasteiger partial charge in [0.15, 0.2) is 5.89 Å². The Labute approximate surface area is 195 Å². The molecule has 0 atom stereocenters. The fourth-order valence-electron chi connectivity index (χ4n) is 3.97. The van der Waals surface area contributed by atoms with Gasteiger partial charge in [-0.15, -0.1) is 10.2 Å². The lowest BCUT2D eigenvalue weighted by molar-refractivity contribution is 0.495. The number of tetrazole rings is 1. The maximum absolute atomic E-state index is 13.3. The van der Waals surface area contributed by atoms with E-state index < -0.39 is 0 Å². The summed E-state index contributed by atoms with van der Waals surface area (Å²) in [7, 11) is 0. The zero-order valence-electron chi connectivity index (χ0n) is 19.3. The van der Waals surface area contributed by atoms with Crippen molar-refractivity contribution >= 4 is 11.2 Å². The number of nitrogens with zero attached hydrogens (tertiary/aromatic N) is 6. The van der Waals surface area contributed by atoms with Crippen LogP contribution < -0.4 is 5.56 Å². The third-order valence-corrected chi connectivity index (χ3v) is 5.70. The minimum atomic E-state index is -0.195. The van der Waals surface area contributed by atoms with Crippen molar-refractivity contribution in [3.8, 4) is 22.5 Å². The van der Waals surface area contributed by atoms with Gasteiger partial charge in [-0.2, -0.15) is 10.2 Å². The first-order valence-electron chi connectivity index (χ1n) is 11.4. The second-order valence-electron chi connectivity index (χ2n) is 8.51. The van der Waals surface area contributed by atoms with Gasteiger partial charge in [-0.1, -0.05) is 69.3 Å². The third kappa shape index (κ3) is 4.00. The van der Waals surface area contributed by atoms with E-state index in [9.17, 15) is 4.79 Å². The van der Waals surface area contributed by atoms with Crippen LogP contribution in [0.4, 0.5) is 0 Å². The molecule has 3 heterocycles. The molecule has 1 N–H and O–H groups in total. The number of nitrogens with one attached hydrogen (secondary N) is 1. The summed E-state index contributed by atoms with van der Waals surface area (Å²) in [5, 5.41) is 14.4. The summed E-state index contributed by atoms with van der Waals surface area (Å²) in [5.74, 6) is 1.88. The molecule has 172 valence electrons. The number of aromatic amines is 1. The number of oxazole rings is 1. The molecule has 0 bridgehead atoms. The summed E-state index contributed by atoms with van der Waals surface area (Å²) in [4.78, 5) is 22.4. The molecule has 9 heteroatoms. The molecular formula is C25H25N7O2. The molecule has 34 heavy (non-hydrogen) atoms. The number of H-pyrrole nitrogens is 1. The van der Waals surface area contributed by atoms with Crippen LogP contribution in [0.3, 0.4) is 0 Å². The normalized spacial score (nSPS) is 11.5. The molecule has 0 spiro atoms. The first-order valence-corrected chi connectivity index (χ1v) is 11.4. The Bertz CT molecular complexity index is 1480. The number of hydrogen-bond acceptors (Lipinski definition) is 7. The first kappa shape index (κ1) is 21.7. The van der Waals surface area contributed by atoms with E-state index in [-0.39, 0.29) is 17.1 Å². The first-order chi connectivity index (χ1) is 16.5. The smallest absolute Gasteiger partial charge is 0.299 e. The topological polar surface area (TPSA) is 115 Å². The summed E-state index contributed by atoms with van der Waals surface area (Å²) in [6.07, 6.45) is 1.56. The Morgan fingerprint density at radius 3 is 2.47 bits per heavy atom. The minimum absolute atomic E-state index is 0.0829. The van der Waals surface area contributed by atoms with E-state index in [1.807, 2.05) is 62.4 Å². The van der Waals surface area contributed by atoms with Gasteiger partial charge < -0.3 is 4.42 Å². The average molecular weight is 456 g/mol. The van der Waals surface area contributed by atoms with Crippen LogP contribution >= 0.6 is 0 Å². The molecule has 5 aromatic rings. The van der Waals surface area contributed by atoms with Crippen LogP contribution in [-0.4, -0.2) is 35.2 Å². The Balaban J connectivity index is 1.50. The van der Waals surface area contributed by atoms with Gasteiger partial charge >= 0.3 is 0 Å². The van der Waals surface area contributed by atoms with Crippen LogP contribution in [0.1, 0.15) is 50.4 Å². The minimum Gasteiger partial charge on any atom is -0.433 e. The van der Waals surface area contributed by atoms with E-state index in [2.05, 4.69) is 37.5 Å². The second-order valence-corrected chi connectivity index (χ2v) is 8.51. The van der Waals surface area contributed by atoms with Gasteiger partial charge in [-0.3, -0.25) is 9.36 Å². The molecule has 0 saturated heterocycles. The summed E-state index contributed by atoms with van der Waals surface area (Å²) in [6, 6.07) is 16.0. The summed E-state index contributed by atoms with van der Waals surface area (Å²) < 4.78 is 7.47. The molecule has 2 aromatic carbocycles. The molecule has 5 rings (SSSR count). The molecule has 0 fully saturated rings. The highest BCUT2D eigenvalue weighted by Gasteiger charge is 2.18. The molecule has 0 radical (unpaired) electrons. The van der Waals surface area contributed by atoms with Crippen molar-refractivity contribution in [3.05, 3.63) is 76.2 Å². The molecule has 3 aromatic heterocycles. The van der Waals surface area contributed by atoms with Gasteiger partial charge in [0.05, 0.1) is 6.54 Å². The maximum Gasteiger partial charge on any atom is 0.299 e. The molecule has 0 aliphatic rings. The van der Waals surface area contributed by atoms with E-state index in [1.54, 1.807) is 4.57 Å². The van der Waals surface area contributed by atoms with E-state index in [4.69, 9.17) is 4.42 Å². The van der Waals surface area contributed by atoms with Gasteiger partial charge in [0, 0.05) is 17.9 Å². The fraction of sp³-hybridized carbons (Fsp3) is 0.280. The van der Waals surface area contributed by atoms with Crippen LogP contribution in [0.2, 0.25) is 0 Å². The Kier molecular flexibility index (Phi) is 5.75. The highest BCUT2D eigenvalue weighted by molar-refractivity contribution is 5.80. The van der Waals surface area contributed by atoms with Crippen molar-refractivity contribution in [2.45, 2.75) is 46.1 Å². The number of fused-ring (bicyclic) bond motifs is 1. The number of aromatic nitrogens is 7. The van der Waals surface area contributed by atoms with Gasteiger partial charge in [0.25, 0.3) is 5.56 Å². The zero-order valence-corrected chi connectivity index (χ0v) is 19.3.